The van der Waals surface area contributed by atoms with Crippen molar-refractivity contribution < 1.29 is 13.2 Å². The summed E-state index contributed by atoms with van der Waals surface area (Å²) < 4.78 is 23.8. The average molecular weight is 442 g/mol. The summed E-state index contributed by atoms with van der Waals surface area (Å²) >= 11 is 6.50. The molecule has 0 unspecified atom stereocenters. The zero-order valence-electron chi connectivity index (χ0n) is 17.0. The molecule has 0 heterocycles. The van der Waals surface area contributed by atoms with Gasteiger partial charge in [0.05, 0.1) is 22.1 Å². The number of benzene rings is 3. The molecule has 0 saturated heterocycles. The Bertz CT molecular complexity index is 1160. The molecule has 0 aliphatic rings. The Balaban J connectivity index is 1.71. The van der Waals surface area contributed by atoms with E-state index in [1.54, 1.807) is 25.1 Å². The highest BCUT2D eigenvalue weighted by Gasteiger charge is 2.13. The van der Waals surface area contributed by atoms with Crippen LogP contribution in [0.4, 0.5) is 5.69 Å². The van der Waals surface area contributed by atoms with Gasteiger partial charge in [0.2, 0.25) is 5.91 Å². The summed E-state index contributed by atoms with van der Waals surface area (Å²) in [4.78, 5) is 12.7. The number of carbonyl (C=O) groups is 1. The third-order valence-electron chi connectivity index (χ3n) is 4.97. The Kier molecular flexibility index (Phi) is 6.95. The van der Waals surface area contributed by atoms with Crippen LogP contribution in [0, 0.1) is 0 Å². The average Bonchev–Trinajstić information content (AvgIpc) is 2.74. The third-order valence-corrected chi connectivity index (χ3v) is 7.03. The number of carbonyl (C=O) groups excluding carboxylic acids is 1. The highest BCUT2D eigenvalue weighted by Crippen LogP contribution is 2.32. The van der Waals surface area contributed by atoms with Crippen LogP contribution in [0.3, 0.4) is 0 Å². The van der Waals surface area contributed by atoms with E-state index in [9.17, 15) is 13.2 Å². The molecular weight excluding hydrogens is 418 g/mol. The predicted molar refractivity (Wildman–Crippen MR) is 123 cm³/mol. The normalized spacial score (nSPS) is 11.3. The fourth-order valence-corrected chi connectivity index (χ4v) is 4.44. The van der Waals surface area contributed by atoms with Crippen molar-refractivity contribution in [1.82, 2.24) is 0 Å². The monoisotopic (exact) mass is 441 g/mol. The maximum Gasteiger partial charge on any atom is 0.228 e. The quantitative estimate of drug-likeness (QED) is 0.523. The summed E-state index contributed by atoms with van der Waals surface area (Å²) in [7, 11) is -3.24. The molecule has 0 bridgehead atoms. The molecule has 30 heavy (non-hydrogen) atoms. The number of amides is 1. The van der Waals surface area contributed by atoms with E-state index < -0.39 is 9.84 Å². The van der Waals surface area contributed by atoms with Crippen molar-refractivity contribution in [3.8, 4) is 11.1 Å². The Morgan fingerprint density at radius 1 is 0.933 bits per heavy atom. The van der Waals surface area contributed by atoms with Crippen molar-refractivity contribution in [3.63, 3.8) is 0 Å². The molecule has 0 radical (unpaired) electrons. The van der Waals surface area contributed by atoms with Gasteiger partial charge in [0, 0.05) is 11.3 Å². The fourth-order valence-electron chi connectivity index (χ4n) is 3.27. The van der Waals surface area contributed by atoms with Crippen LogP contribution in [0.1, 0.15) is 25.0 Å². The van der Waals surface area contributed by atoms with Crippen molar-refractivity contribution in [2.45, 2.75) is 31.6 Å². The largest absolute Gasteiger partial charge is 0.326 e. The van der Waals surface area contributed by atoms with Crippen molar-refractivity contribution in [2.24, 2.45) is 0 Å². The number of rotatable bonds is 7. The lowest BCUT2D eigenvalue weighted by Gasteiger charge is -2.12. The van der Waals surface area contributed by atoms with E-state index in [-0.39, 0.29) is 23.0 Å². The molecule has 1 amide bonds. The molecule has 0 atom stereocenters. The maximum absolute atomic E-state index is 12.4. The second-order valence-corrected chi connectivity index (χ2v) is 9.66. The van der Waals surface area contributed by atoms with E-state index >= 15 is 0 Å². The fraction of sp³-hybridized carbons (Fsp3) is 0.208. The Hall–Kier alpha value is -2.63. The minimum absolute atomic E-state index is 0.0479. The van der Waals surface area contributed by atoms with E-state index in [0.717, 1.165) is 23.1 Å². The van der Waals surface area contributed by atoms with Gasteiger partial charge in [-0.1, -0.05) is 67.9 Å². The molecule has 156 valence electrons. The summed E-state index contributed by atoms with van der Waals surface area (Å²) in [5, 5.41) is 3.42. The molecule has 4 nitrogen and oxygen atoms in total. The van der Waals surface area contributed by atoms with E-state index in [2.05, 4.69) is 18.3 Å². The number of anilines is 1. The first kappa shape index (κ1) is 22.1. The molecule has 3 aromatic carbocycles. The summed E-state index contributed by atoms with van der Waals surface area (Å²) in [6.45, 7) is 3.71. The second kappa shape index (κ2) is 9.45. The number of aryl methyl sites for hydroxylation is 1. The van der Waals surface area contributed by atoms with Gasteiger partial charge < -0.3 is 5.32 Å². The lowest BCUT2D eigenvalue weighted by molar-refractivity contribution is -0.115. The minimum Gasteiger partial charge on any atom is -0.326 e. The van der Waals surface area contributed by atoms with Crippen LogP contribution in [0.25, 0.3) is 11.1 Å². The summed E-state index contributed by atoms with van der Waals surface area (Å²) in [6, 6.07) is 20.0. The van der Waals surface area contributed by atoms with Crippen LogP contribution in [-0.4, -0.2) is 20.1 Å². The standard InChI is InChI=1S/C24H24ClNO3S/c1-3-18-7-5-6-8-21(18)22-14-11-19(16-23(22)25)26-24(27)15-17-9-12-20(13-10-17)30(28,29)4-2/h5-14,16H,3-4,15H2,1-2H3,(H,26,27). The van der Waals surface area contributed by atoms with Gasteiger partial charge in [0.15, 0.2) is 9.84 Å². The molecular formula is C24H24ClNO3S. The zero-order valence-corrected chi connectivity index (χ0v) is 18.6. The number of sulfone groups is 1. The van der Waals surface area contributed by atoms with Crippen molar-refractivity contribution in [3.05, 3.63) is 82.9 Å². The summed E-state index contributed by atoms with van der Waals surface area (Å²) in [5.74, 6) is -0.148. The first-order valence-corrected chi connectivity index (χ1v) is 11.9. The van der Waals surface area contributed by atoms with Gasteiger partial charge in [-0.2, -0.15) is 0 Å². The highest BCUT2D eigenvalue weighted by atomic mass is 35.5. The summed E-state index contributed by atoms with van der Waals surface area (Å²) in [5.41, 5.74) is 4.59. The topological polar surface area (TPSA) is 63.2 Å². The second-order valence-electron chi connectivity index (χ2n) is 6.98. The Labute approximate surface area is 182 Å². The Morgan fingerprint density at radius 3 is 2.27 bits per heavy atom. The van der Waals surface area contributed by atoms with Gasteiger partial charge in [0.1, 0.15) is 0 Å². The van der Waals surface area contributed by atoms with Gasteiger partial charge in [-0.15, -0.1) is 0 Å². The van der Waals surface area contributed by atoms with Crippen molar-refractivity contribution in [1.29, 1.82) is 0 Å². The van der Waals surface area contributed by atoms with Crippen LogP contribution < -0.4 is 5.32 Å². The lowest BCUT2D eigenvalue weighted by Crippen LogP contribution is -2.14. The third kappa shape index (κ3) is 5.10. The molecule has 0 aliphatic heterocycles. The first-order valence-electron chi connectivity index (χ1n) is 9.83. The number of nitrogens with one attached hydrogen (secondary N) is 1. The van der Waals surface area contributed by atoms with Gasteiger partial charge in [-0.3, -0.25) is 4.79 Å². The number of hydrogen-bond acceptors (Lipinski definition) is 3. The van der Waals surface area contributed by atoms with Crippen LogP contribution in [-0.2, 0) is 27.5 Å². The van der Waals surface area contributed by atoms with E-state index in [4.69, 9.17) is 11.6 Å². The predicted octanol–water partition coefficient (Wildman–Crippen LogP) is 5.54. The van der Waals surface area contributed by atoms with E-state index in [1.807, 2.05) is 30.3 Å². The molecule has 0 spiro atoms. The van der Waals surface area contributed by atoms with Crippen molar-refractivity contribution >= 4 is 33.0 Å². The van der Waals surface area contributed by atoms with Crippen LogP contribution in [0.5, 0.6) is 0 Å². The zero-order chi connectivity index (χ0) is 21.7. The highest BCUT2D eigenvalue weighted by molar-refractivity contribution is 7.91. The van der Waals surface area contributed by atoms with Crippen LogP contribution >= 0.6 is 11.6 Å². The molecule has 0 aromatic heterocycles. The number of hydrogen-bond donors (Lipinski definition) is 1. The molecule has 3 rings (SSSR count). The van der Waals surface area contributed by atoms with E-state index in [0.29, 0.717) is 10.7 Å². The minimum atomic E-state index is -3.24. The molecule has 0 fully saturated rings. The van der Waals surface area contributed by atoms with Gasteiger partial charge in [-0.25, -0.2) is 8.42 Å². The molecule has 1 N–H and O–H groups in total. The summed E-state index contributed by atoms with van der Waals surface area (Å²) in [6.07, 6.45) is 1.05. The van der Waals surface area contributed by atoms with Gasteiger partial charge >= 0.3 is 0 Å². The number of halogens is 1. The molecule has 3 aromatic rings. The van der Waals surface area contributed by atoms with E-state index in [1.165, 1.54) is 17.7 Å². The Morgan fingerprint density at radius 2 is 1.63 bits per heavy atom. The maximum atomic E-state index is 12.4. The van der Waals surface area contributed by atoms with Gasteiger partial charge in [0.25, 0.3) is 0 Å². The molecule has 0 aliphatic carbocycles. The molecule has 6 heteroatoms. The van der Waals surface area contributed by atoms with Gasteiger partial charge in [-0.05, 0) is 47.4 Å². The lowest BCUT2D eigenvalue weighted by atomic mass is 9.98. The smallest absolute Gasteiger partial charge is 0.228 e. The van der Waals surface area contributed by atoms with Crippen LogP contribution in [0.15, 0.2) is 71.6 Å². The SMILES string of the molecule is CCc1ccccc1-c1ccc(NC(=O)Cc2ccc(S(=O)(=O)CC)cc2)cc1Cl. The van der Waals surface area contributed by atoms with Crippen LogP contribution in [0.2, 0.25) is 5.02 Å². The first-order chi connectivity index (χ1) is 14.3. The van der Waals surface area contributed by atoms with Crippen molar-refractivity contribution in [2.75, 3.05) is 11.1 Å². The molecule has 0 saturated carbocycles.